The summed E-state index contributed by atoms with van der Waals surface area (Å²) in [7, 11) is 0. The van der Waals surface area contributed by atoms with E-state index in [9.17, 15) is 14.4 Å². The number of anilines is 1. The van der Waals surface area contributed by atoms with E-state index >= 15 is 0 Å². The van der Waals surface area contributed by atoms with Gasteiger partial charge >= 0.3 is 6.09 Å². The van der Waals surface area contributed by atoms with E-state index in [0.29, 0.717) is 61.2 Å². The molecule has 2 atom stereocenters. The summed E-state index contributed by atoms with van der Waals surface area (Å²) in [4.78, 5) is 42.4. The van der Waals surface area contributed by atoms with Gasteiger partial charge in [-0.2, -0.15) is 0 Å². The molecule has 2 fully saturated rings. The lowest BCUT2D eigenvalue weighted by atomic mass is 9.80. The molecule has 196 valence electrons. The third-order valence-corrected chi connectivity index (χ3v) is 8.22. The van der Waals surface area contributed by atoms with Crippen molar-refractivity contribution in [3.05, 3.63) is 63.6 Å². The number of carbonyl (C=O) groups excluding carboxylic acids is 3. The van der Waals surface area contributed by atoms with Crippen molar-refractivity contribution in [3.63, 3.8) is 0 Å². The van der Waals surface area contributed by atoms with Gasteiger partial charge in [-0.15, -0.1) is 0 Å². The lowest BCUT2D eigenvalue weighted by Crippen LogP contribution is -2.58. The van der Waals surface area contributed by atoms with E-state index < -0.39 is 11.6 Å². The number of primary amides is 1. The molecule has 2 saturated heterocycles. The molecule has 0 spiro atoms. The first kappa shape index (κ1) is 25.8. The number of hydrogen-bond donors (Lipinski definition) is 2. The molecular weight excluding hydrogens is 515 g/mol. The van der Waals surface area contributed by atoms with E-state index in [1.54, 1.807) is 12.1 Å². The fourth-order valence-corrected chi connectivity index (χ4v) is 6.40. The van der Waals surface area contributed by atoms with Crippen LogP contribution >= 0.6 is 23.2 Å². The number of rotatable bonds is 5. The summed E-state index contributed by atoms with van der Waals surface area (Å²) in [6.45, 7) is 2.19. The van der Waals surface area contributed by atoms with Gasteiger partial charge in [0.15, 0.2) is 0 Å². The smallest absolute Gasteiger partial charge is 0.404 e. The first-order valence-corrected chi connectivity index (χ1v) is 13.4. The highest BCUT2D eigenvalue weighted by molar-refractivity contribution is 6.31. The molecule has 10 heteroatoms. The summed E-state index contributed by atoms with van der Waals surface area (Å²) < 4.78 is 5.11. The van der Waals surface area contributed by atoms with Crippen LogP contribution in [0.25, 0.3) is 0 Å². The van der Waals surface area contributed by atoms with Gasteiger partial charge in [0.1, 0.15) is 11.6 Å². The zero-order valence-electron chi connectivity index (χ0n) is 20.4. The SMILES string of the molecule is NC(=O)OC1CCN(C(=O)C2CCCN(C3(Cc4cccc(Cl)c4)C(=O)Nc4cc(Cl)ccc43)C2)CC1. The van der Waals surface area contributed by atoms with E-state index in [-0.39, 0.29) is 23.8 Å². The van der Waals surface area contributed by atoms with Crippen LogP contribution in [0, 0.1) is 5.92 Å². The predicted octanol–water partition coefficient (Wildman–Crippen LogP) is 4.18. The standard InChI is InChI=1S/C27H30Cl2N4O4/c28-19-5-1-3-17(13-19)15-27(22-7-6-20(29)14-23(22)31-25(27)35)33-10-2-4-18(16-33)24(34)32-11-8-21(9-12-32)37-26(30)36/h1,3,5-7,13-14,18,21H,2,4,8-12,15-16H2,(H2,30,36)(H,31,35). The minimum atomic E-state index is -0.980. The van der Waals surface area contributed by atoms with Gasteiger partial charge in [0.2, 0.25) is 11.8 Å². The molecule has 2 aromatic rings. The minimum absolute atomic E-state index is 0.0786. The number of piperidine rings is 2. The Bertz CT molecular complexity index is 1220. The van der Waals surface area contributed by atoms with Crippen LogP contribution in [0.15, 0.2) is 42.5 Å². The highest BCUT2D eigenvalue weighted by Crippen LogP contribution is 2.45. The molecule has 2 unspecified atom stereocenters. The Labute approximate surface area is 226 Å². The molecule has 5 rings (SSSR count). The summed E-state index contributed by atoms with van der Waals surface area (Å²) in [5.74, 6) is -0.278. The van der Waals surface area contributed by atoms with E-state index in [0.717, 1.165) is 24.0 Å². The number of ether oxygens (including phenoxy) is 1. The molecule has 0 saturated carbocycles. The van der Waals surface area contributed by atoms with Crippen LogP contribution in [0.3, 0.4) is 0 Å². The molecule has 3 N–H and O–H groups in total. The molecule has 0 bridgehead atoms. The number of hydrogen-bond acceptors (Lipinski definition) is 5. The average molecular weight is 545 g/mol. The summed E-state index contributed by atoms with van der Waals surface area (Å²) in [6.07, 6.45) is 2.08. The third kappa shape index (κ3) is 5.15. The number of fused-ring (bicyclic) bond motifs is 1. The molecule has 3 heterocycles. The van der Waals surface area contributed by atoms with E-state index in [2.05, 4.69) is 10.2 Å². The monoisotopic (exact) mass is 544 g/mol. The van der Waals surface area contributed by atoms with Gasteiger partial charge < -0.3 is 20.7 Å². The Balaban J connectivity index is 1.41. The van der Waals surface area contributed by atoms with Crippen molar-refractivity contribution in [1.29, 1.82) is 0 Å². The van der Waals surface area contributed by atoms with Crippen molar-refractivity contribution in [2.45, 2.75) is 43.7 Å². The quantitative estimate of drug-likeness (QED) is 0.587. The van der Waals surface area contributed by atoms with Gasteiger partial charge in [-0.1, -0.05) is 41.4 Å². The van der Waals surface area contributed by atoms with Gasteiger partial charge in [-0.25, -0.2) is 4.79 Å². The second-order valence-electron chi connectivity index (χ2n) is 10.1. The molecule has 37 heavy (non-hydrogen) atoms. The highest BCUT2D eigenvalue weighted by Gasteiger charge is 2.52. The molecule has 0 radical (unpaired) electrons. The van der Waals surface area contributed by atoms with Crippen molar-refractivity contribution in [2.24, 2.45) is 11.7 Å². The number of carbonyl (C=O) groups is 3. The van der Waals surface area contributed by atoms with Crippen LogP contribution in [0.4, 0.5) is 10.5 Å². The second-order valence-corrected chi connectivity index (χ2v) is 10.9. The third-order valence-electron chi connectivity index (χ3n) is 7.75. The Kier molecular flexibility index (Phi) is 7.34. The Morgan fingerprint density at radius 3 is 2.54 bits per heavy atom. The Hall–Kier alpha value is -2.81. The summed E-state index contributed by atoms with van der Waals surface area (Å²) >= 11 is 12.5. The highest BCUT2D eigenvalue weighted by atomic mass is 35.5. The van der Waals surface area contributed by atoms with Crippen molar-refractivity contribution in [3.8, 4) is 0 Å². The number of benzene rings is 2. The van der Waals surface area contributed by atoms with E-state index in [4.69, 9.17) is 33.7 Å². The average Bonchev–Trinajstić information content (AvgIpc) is 3.14. The fraction of sp³-hybridized carbons (Fsp3) is 0.444. The first-order valence-electron chi connectivity index (χ1n) is 12.6. The molecule has 8 nitrogen and oxygen atoms in total. The number of nitrogens with zero attached hydrogens (tertiary/aromatic N) is 2. The summed E-state index contributed by atoms with van der Waals surface area (Å²) in [5, 5.41) is 4.20. The van der Waals surface area contributed by atoms with E-state index in [1.807, 2.05) is 35.2 Å². The molecule has 3 amide bonds. The zero-order valence-corrected chi connectivity index (χ0v) is 21.9. The number of nitrogens with one attached hydrogen (secondary N) is 1. The Morgan fingerprint density at radius 1 is 1.05 bits per heavy atom. The number of nitrogens with two attached hydrogens (primary N) is 1. The fourth-order valence-electron chi connectivity index (χ4n) is 6.01. The van der Waals surface area contributed by atoms with Gasteiger partial charge in [-0.05, 0) is 49.2 Å². The van der Waals surface area contributed by atoms with Crippen LogP contribution in [0.2, 0.25) is 10.0 Å². The molecule has 3 aliphatic rings. The zero-order chi connectivity index (χ0) is 26.2. The molecule has 0 aromatic heterocycles. The lowest BCUT2D eigenvalue weighted by Gasteiger charge is -2.45. The minimum Gasteiger partial charge on any atom is -0.446 e. The number of likely N-dealkylation sites (tertiary alicyclic amines) is 2. The summed E-state index contributed by atoms with van der Waals surface area (Å²) in [5.41, 5.74) is 6.66. The largest absolute Gasteiger partial charge is 0.446 e. The maximum absolute atomic E-state index is 13.8. The first-order chi connectivity index (χ1) is 17.8. The van der Waals surface area contributed by atoms with Gasteiger partial charge in [0.25, 0.3) is 0 Å². The maximum Gasteiger partial charge on any atom is 0.404 e. The molecule has 2 aromatic carbocycles. The predicted molar refractivity (Wildman–Crippen MR) is 141 cm³/mol. The van der Waals surface area contributed by atoms with Crippen LogP contribution < -0.4 is 11.1 Å². The van der Waals surface area contributed by atoms with Crippen molar-refractivity contribution in [2.75, 3.05) is 31.5 Å². The van der Waals surface area contributed by atoms with Gasteiger partial charge in [0, 0.05) is 60.2 Å². The van der Waals surface area contributed by atoms with Crippen molar-refractivity contribution >= 4 is 46.8 Å². The normalized spacial score (nSPS) is 24.4. The van der Waals surface area contributed by atoms with Gasteiger partial charge in [0.05, 0.1) is 5.92 Å². The molecule has 3 aliphatic heterocycles. The number of halogens is 2. The second kappa shape index (κ2) is 10.5. The summed E-state index contributed by atoms with van der Waals surface area (Å²) in [6, 6.07) is 13.0. The Morgan fingerprint density at radius 2 is 1.81 bits per heavy atom. The topological polar surface area (TPSA) is 105 Å². The maximum atomic E-state index is 13.8. The van der Waals surface area contributed by atoms with Crippen LogP contribution in [0.1, 0.15) is 36.8 Å². The number of amides is 3. The van der Waals surface area contributed by atoms with Crippen LogP contribution in [-0.4, -0.2) is 60.0 Å². The van der Waals surface area contributed by atoms with Gasteiger partial charge in [-0.3, -0.25) is 14.5 Å². The molecular formula is C27H30Cl2N4O4. The van der Waals surface area contributed by atoms with E-state index in [1.165, 1.54) is 0 Å². The van der Waals surface area contributed by atoms with Crippen molar-refractivity contribution < 1.29 is 19.1 Å². The lowest BCUT2D eigenvalue weighted by molar-refractivity contribution is -0.143. The molecule has 0 aliphatic carbocycles. The van der Waals surface area contributed by atoms with Crippen LogP contribution in [-0.2, 0) is 26.3 Å². The van der Waals surface area contributed by atoms with Crippen molar-refractivity contribution in [1.82, 2.24) is 9.80 Å². The van der Waals surface area contributed by atoms with Crippen LogP contribution in [0.5, 0.6) is 0 Å².